The summed E-state index contributed by atoms with van der Waals surface area (Å²) in [5.74, 6) is -0.101. The number of hydrogen-bond acceptors (Lipinski definition) is 3. The van der Waals surface area contributed by atoms with Crippen LogP contribution >= 0.6 is 0 Å². The van der Waals surface area contributed by atoms with Crippen molar-refractivity contribution in [2.75, 3.05) is 0 Å². The number of esters is 1. The van der Waals surface area contributed by atoms with Gasteiger partial charge in [-0.1, -0.05) is 60.7 Å². The first kappa shape index (κ1) is 17.3. The van der Waals surface area contributed by atoms with Crippen molar-refractivity contribution >= 4 is 5.97 Å². The van der Waals surface area contributed by atoms with Gasteiger partial charge in [0.1, 0.15) is 11.7 Å². The van der Waals surface area contributed by atoms with Gasteiger partial charge in [0.05, 0.1) is 12.5 Å². The van der Waals surface area contributed by atoms with Crippen LogP contribution in [-0.2, 0) is 27.1 Å². The maximum atomic E-state index is 11.9. The van der Waals surface area contributed by atoms with Gasteiger partial charge in [-0.2, -0.15) is 0 Å². The Bertz CT molecular complexity index is 728. The van der Waals surface area contributed by atoms with Gasteiger partial charge in [-0.3, -0.25) is 4.79 Å². The van der Waals surface area contributed by atoms with Gasteiger partial charge < -0.3 is 9.47 Å². The molecule has 26 heavy (non-hydrogen) atoms. The van der Waals surface area contributed by atoms with Crippen molar-refractivity contribution in [3.63, 3.8) is 0 Å². The predicted molar refractivity (Wildman–Crippen MR) is 101 cm³/mol. The largest absolute Gasteiger partial charge is 0.456 e. The molecule has 0 bridgehead atoms. The lowest BCUT2D eigenvalue weighted by molar-refractivity contribution is -0.149. The molecule has 0 unspecified atom stereocenters. The van der Waals surface area contributed by atoms with Crippen molar-refractivity contribution in [3.05, 3.63) is 71.8 Å². The summed E-state index contributed by atoms with van der Waals surface area (Å²) in [5.41, 5.74) is 2.28. The molecule has 3 nitrogen and oxygen atoms in total. The lowest BCUT2D eigenvalue weighted by atomic mass is 9.87. The minimum absolute atomic E-state index is 0.0634. The molecule has 2 aliphatic heterocycles. The van der Waals surface area contributed by atoms with E-state index in [-0.39, 0.29) is 18.2 Å². The maximum Gasteiger partial charge on any atom is 0.309 e. The number of carbonyl (C=O) groups is 1. The number of fused-ring (bicyclic) bond motifs is 1. The molecule has 2 fully saturated rings. The smallest absolute Gasteiger partial charge is 0.309 e. The zero-order valence-corrected chi connectivity index (χ0v) is 15.1. The Morgan fingerprint density at radius 1 is 0.923 bits per heavy atom. The number of aryl methyl sites for hydroxylation is 2. The summed E-state index contributed by atoms with van der Waals surface area (Å²) in [5, 5.41) is 0. The third kappa shape index (κ3) is 3.83. The highest BCUT2D eigenvalue weighted by molar-refractivity contribution is 5.73. The van der Waals surface area contributed by atoms with E-state index in [0.29, 0.717) is 6.42 Å². The van der Waals surface area contributed by atoms with E-state index in [1.807, 2.05) is 12.1 Å². The number of hydrogen-bond donors (Lipinski definition) is 0. The van der Waals surface area contributed by atoms with E-state index in [0.717, 1.165) is 38.5 Å². The molecule has 136 valence electrons. The van der Waals surface area contributed by atoms with E-state index >= 15 is 0 Å². The quantitative estimate of drug-likeness (QED) is 0.691. The molecule has 4 rings (SSSR count). The van der Waals surface area contributed by atoms with Crippen molar-refractivity contribution in [2.24, 2.45) is 0 Å². The summed E-state index contributed by atoms with van der Waals surface area (Å²) >= 11 is 0. The summed E-state index contributed by atoms with van der Waals surface area (Å²) in [6.45, 7) is 0. The van der Waals surface area contributed by atoms with Crippen LogP contribution in [0.15, 0.2) is 60.7 Å². The third-order valence-electron chi connectivity index (χ3n) is 5.69. The summed E-state index contributed by atoms with van der Waals surface area (Å²) < 4.78 is 12.1. The van der Waals surface area contributed by atoms with Gasteiger partial charge in [0.25, 0.3) is 0 Å². The minimum Gasteiger partial charge on any atom is -0.456 e. The van der Waals surface area contributed by atoms with E-state index in [4.69, 9.17) is 9.47 Å². The Hall–Kier alpha value is -2.13. The molecule has 0 amide bonds. The summed E-state index contributed by atoms with van der Waals surface area (Å²) in [4.78, 5) is 11.9. The molecule has 0 spiro atoms. The van der Waals surface area contributed by atoms with E-state index in [1.54, 1.807) is 0 Å². The van der Waals surface area contributed by atoms with Gasteiger partial charge in [-0.05, 0) is 43.2 Å². The van der Waals surface area contributed by atoms with Crippen LogP contribution in [0.25, 0.3) is 0 Å². The maximum absolute atomic E-state index is 11.9. The highest BCUT2D eigenvalue weighted by Gasteiger charge is 2.56. The summed E-state index contributed by atoms with van der Waals surface area (Å²) in [6, 6.07) is 21.0. The van der Waals surface area contributed by atoms with Crippen LogP contribution in [0.3, 0.4) is 0 Å². The molecule has 2 aliphatic rings. The molecule has 2 saturated heterocycles. The van der Waals surface area contributed by atoms with E-state index < -0.39 is 5.60 Å². The number of rotatable bonds is 7. The molecule has 0 aliphatic carbocycles. The fourth-order valence-corrected chi connectivity index (χ4v) is 4.38. The Balaban J connectivity index is 1.34. The predicted octanol–water partition coefficient (Wildman–Crippen LogP) is 4.49. The second-order valence-electron chi connectivity index (χ2n) is 7.56. The fourth-order valence-electron chi connectivity index (χ4n) is 4.38. The van der Waals surface area contributed by atoms with Crippen LogP contribution in [-0.4, -0.2) is 23.8 Å². The number of carbonyl (C=O) groups excluding carboxylic acids is 1. The van der Waals surface area contributed by atoms with E-state index in [1.165, 1.54) is 11.1 Å². The van der Waals surface area contributed by atoms with Crippen molar-refractivity contribution in [1.29, 1.82) is 0 Å². The van der Waals surface area contributed by atoms with Crippen LogP contribution < -0.4 is 0 Å². The van der Waals surface area contributed by atoms with E-state index in [9.17, 15) is 4.79 Å². The Morgan fingerprint density at radius 2 is 1.58 bits per heavy atom. The molecule has 0 N–H and O–H groups in total. The molecule has 3 heteroatoms. The van der Waals surface area contributed by atoms with Crippen molar-refractivity contribution in [2.45, 2.75) is 62.8 Å². The topological polar surface area (TPSA) is 35.5 Å². The summed E-state index contributed by atoms with van der Waals surface area (Å²) in [7, 11) is 0. The molecular formula is C23H26O3. The Morgan fingerprint density at radius 3 is 2.27 bits per heavy atom. The van der Waals surface area contributed by atoms with Gasteiger partial charge in [-0.25, -0.2) is 0 Å². The first-order chi connectivity index (χ1) is 12.7. The lowest BCUT2D eigenvalue weighted by Crippen LogP contribution is -2.35. The normalized spacial score (nSPS) is 27.3. The number of benzene rings is 2. The van der Waals surface area contributed by atoms with Crippen molar-refractivity contribution in [1.82, 2.24) is 0 Å². The monoisotopic (exact) mass is 350 g/mol. The zero-order valence-electron chi connectivity index (χ0n) is 15.1. The molecule has 2 aromatic rings. The standard InChI is InChI=1S/C23H26O3/c24-22-16-21-23(26-22,15-7-12-18-8-3-1-4-9-18)17-20(25-21)14-13-19-10-5-2-6-11-19/h1-6,8-11,20-21H,7,12-17H2/t20-,21-,23-/m0/s1. The molecule has 2 heterocycles. The van der Waals surface area contributed by atoms with Crippen molar-refractivity contribution < 1.29 is 14.3 Å². The van der Waals surface area contributed by atoms with Crippen LogP contribution in [0.1, 0.15) is 43.2 Å². The first-order valence-electron chi connectivity index (χ1n) is 9.69. The van der Waals surface area contributed by atoms with Gasteiger partial charge in [-0.15, -0.1) is 0 Å². The van der Waals surface area contributed by atoms with Crippen LogP contribution in [0.4, 0.5) is 0 Å². The third-order valence-corrected chi connectivity index (χ3v) is 5.69. The number of ether oxygens (including phenoxy) is 2. The first-order valence-corrected chi connectivity index (χ1v) is 9.69. The molecule has 3 atom stereocenters. The molecular weight excluding hydrogens is 324 g/mol. The SMILES string of the molecule is O=C1C[C@@H]2O[C@@H](CCc3ccccc3)C[C@]2(CCCc2ccccc2)O1. The summed E-state index contributed by atoms with van der Waals surface area (Å²) in [6.07, 6.45) is 6.28. The van der Waals surface area contributed by atoms with Gasteiger partial charge >= 0.3 is 5.97 Å². The van der Waals surface area contributed by atoms with E-state index in [2.05, 4.69) is 48.5 Å². The average molecular weight is 350 g/mol. The highest BCUT2D eigenvalue weighted by Crippen LogP contribution is 2.45. The van der Waals surface area contributed by atoms with Crippen LogP contribution in [0.2, 0.25) is 0 Å². The minimum atomic E-state index is -0.396. The second kappa shape index (κ2) is 7.63. The lowest BCUT2D eigenvalue weighted by Gasteiger charge is -2.26. The highest BCUT2D eigenvalue weighted by atomic mass is 16.6. The molecule has 2 aromatic carbocycles. The zero-order chi connectivity index (χ0) is 17.8. The van der Waals surface area contributed by atoms with Gasteiger partial charge in [0.2, 0.25) is 0 Å². The Kier molecular flexibility index (Phi) is 5.07. The van der Waals surface area contributed by atoms with Crippen LogP contribution in [0, 0.1) is 0 Å². The molecule has 0 saturated carbocycles. The fraction of sp³-hybridized carbons (Fsp3) is 0.435. The molecule has 0 aromatic heterocycles. The van der Waals surface area contributed by atoms with Gasteiger partial charge in [0, 0.05) is 6.42 Å². The Labute approximate surface area is 155 Å². The molecule has 0 radical (unpaired) electrons. The second-order valence-corrected chi connectivity index (χ2v) is 7.56. The van der Waals surface area contributed by atoms with Gasteiger partial charge in [0.15, 0.2) is 0 Å². The average Bonchev–Trinajstić information content (AvgIpc) is 3.13. The van der Waals surface area contributed by atoms with Crippen molar-refractivity contribution in [3.8, 4) is 0 Å². The van der Waals surface area contributed by atoms with Crippen LogP contribution in [0.5, 0.6) is 0 Å².